The summed E-state index contributed by atoms with van der Waals surface area (Å²) in [6.07, 6.45) is 3.16. The van der Waals surface area contributed by atoms with E-state index in [2.05, 4.69) is 17.6 Å². The lowest BCUT2D eigenvalue weighted by molar-refractivity contribution is -0.122. The molecule has 0 saturated carbocycles. The van der Waals surface area contributed by atoms with Gasteiger partial charge in [-0.15, -0.1) is 0 Å². The van der Waals surface area contributed by atoms with Crippen LogP contribution in [-0.4, -0.2) is 37.7 Å². The second-order valence-electron chi connectivity index (χ2n) is 4.09. The number of hydrogen-bond acceptors (Lipinski definition) is 3. The predicted octanol–water partition coefficient (Wildman–Crippen LogP) is 0.670. The van der Waals surface area contributed by atoms with Crippen molar-refractivity contribution in [1.82, 2.24) is 10.6 Å². The summed E-state index contributed by atoms with van der Waals surface area (Å²) < 4.78 is 5.24. The molecule has 0 aliphatic carbocycles. The summed E-state index contributed by atoms with van der Waals surface area (Å²) in [4.78, 5) is 11.6. The van der Waals surface area contributed by atoms with Gasteiger partial charge in [0.05, 0.1) is 12.6 Å². The first kappa shape index (κ1) is 12.5. The molecule has 1 heterocycles. The van der Waals surface area contributed by atoms with Crippen LogP contribution in [-0.2, 0) is 9.53 Å². The van der Waals surface area contributed by atoms with Gasteiger partial charge in [-0.1, -0.05) is 13.3 Å². The summed E-state index contributed by atoms with van der Waals surface area (Å²) in [6, 6.07) is 0.227. The van der Waals surface area contributed by atoms with Gasteiger partial charge in [-0.25, -0.2) is 0 Å². The van der Waals surface area contributed by atoms with Crippen molar-refractivity contribution >= 4 is 5.91 Å². The number of unbranched alkanes of at least 4 members (excludes halogenated alkanes) is 1. The quantitative estimate of drug-likeness (QED) is 0.639. The highest BCUT2D eigenvalue weighted by Crippen LogP contribution is 2.04. The average Bonchev–Trinajstić information content (AvgIpc) is 2.70. The fourth-order valence-electron chi connectivity index (χ4n) is 1.64. The van der Waals surface area contributed by atoms with Gasteiger partial charge in [-0.3, -0.25) is 4.79 Å². The fourth-order valence-corrected chi connectivity index (χ4v) is 1.64. The Bertz CT molecular complexity index is 191. The van der Waals surface area contributed by atoms with E-state index in [-0.39, 0.29) is 11.9 Å². The number of nitrogens with one attached hydrogen (secondary N) is 2. The van der Waals surface area contributed by atoms with E-state index in [1.165, 1.54) is 0 Å². The molecule has 4 nitrogen and oxygen atoms in total. The fraction of sp³-hybridized carbons (Fsp3) is 0.909. The molecule has 1 aliphatic rings. The van der Waals surface area contributed by atoms with Crippen LogP contribution in [0.1, 0.15) is 33.1 Å². The zero-order valence-corrected chi connectivity index (χ0v) is 9.71. The van der Waals surface area contributed by atoms with E-state index in [0.29, 0.717) is 6.04 Å². The van der Waals surface area contributed by atoms with Crippen LogP contribution in [0.2, 0.25) is 0 Å². The molecule has 1 aliphatic heterocycles. The van der Waals surface area contributed by atoms with Crippen LogP contribution in [0.4, 0.5) is 0 Å². The number of carbonyl (C=O) groups excluding carboxylic acids is 1. The van der Waals surface area contributed by atoms with Gasteiger partial charge in [0.1, 0.15) is 0 Å². The van der Waals surface area contributed by atoms with Crippen LogP contribution in [0.15, 0.2) is 0 Å². The molecule has 0 radical (unpaired) electrons. The molecule has 1 saturated heterocycles. The normalized spacial score (nSPS) is 22.7. The van der Waals surface area contributed by atoms with Gasteiger partial charge in [-0.2, -0.15) is 0 Å². The van der Waals surface area contributed by atoms with Crippen molar-refractivity contribution < 1.29 is 9.53 Å². The minimum absolute atomic E-state index is 0.0929. The van der Waals surface area contributed by atoms with Crippen molar-refractivity contribution in [2.24, 2.45) is 0 Å². The van der Waals surface area contributed by atoms with Gasteiger partial charge < -0.3 is 15.4 Å². The Labute approximate surface area is 91.8 Å². The van der Waals surface area contributed by atoms with E-state index in [1.807, 2.05) is 6.92 Å². The molecule has 1 rings (SSSR count). The zero-order chi connectivity index (χ0) is 11.1. The third-order valence-electron chi connectivity index (χ3n) is 2.64. The van der Waals surface area contributed by atoms with Crippen LogP contribution in [0.5, 0.6) is 0 Å². The van der Waals surface area contributed by atoms with E-state index in [9.17, 15) is 4.79 Å². The Balaban J connectivity index is 2.14. The molecule has 15 heavy (non-hydrogen) atoms. The molecule has 2 unspecified atom stereocenters. The number of amides is 1. The van der Waals surface area contributed by atoms with Gasteiger partial charge >= 0.3 is 0 Å². The first-order chi connectivity index (χ1) is 7.24. The molecule has 88 valence electrons. The SMILES string of the molecule is CCCCNC(=O)C(C)NC1CCOC1. The standard InChI is InChI=1S/C11H22N2O2/c1-3-4-6-12-11(14)9(2)13-10-5-7-15-8-10/h9-10,13H,3-8H2,1-2H3,(H,12,14). The highest BCUT2D eigenvalue weighted by molar-refractivity contribution is 5.81. The summed E-state index contributed by atoms with van der Waals surface area (Å²) in [7, 11) is 0. The van der Waals surface area contributed by atoms with E-state index in [4.69, 9.17) is 4.74 Å². The van der Waals surface area contributed by atoms with Gasteiger partial charge in [0.2, 0.25) is 5.91 Å². The predicted molar refractivity (Wildman–Crippen MR) is 59.7 cm³/mol. The molecule has 2 atom stereocenters. The lowest BCUT2D eigenvalue weighted by Gasteiger charge is -2.17. The molecule has 1 fully saturated rings. The van der Waals surface area contributed by atoms with E-state index in [1.54, 1.807) is 0 Å². The topological polar surface area (TPSA) is 50.4 Å². The maximum atomic E-state index is 11.6. The molecular weight excluding hydrogens is 192 g/mol. The van der Waals surface area contributed by atoms with Crippen molar-refractivity contribution in [1.29, 1.82) is 0 Å². The molecule has 1 amide bonds. The van der Waals surface area contributed by atoms with Crippen molar-refractivity contribution in [3.05, 3.63) is 0 Å². The van der Waals surface area contributed by atoms with Crippen LogP contribution in [0, 0.1) is 0 Å². The lowest BCUT2D eigenvalue weighted by atomic mass is 10.2. The van der Waals surface area contributed by atoms with Crippen LogP contribution < -0.4 is 10.6 Å². The molecule has 4 heteroatoms. The summed E-state index contributed by atoms with van der Waals surface area (Å²) in [5.74, 6) is 0.0929. The Hall–Kier alpha value is -0.610. The van der Waals surface area contributed by atoms with Crippen molar-refractivity contribution in [3.8, 4) is 0 Å². The molecular formula is C11H22N2O2. The summed E-state index contributed by atoms with van der Waals surface area (Å²) >= 11 is 0. The molecule has 0 aromatic rings. The summed E-state index contributed by atoms with van der Waals surface area (Å²) in [5.41, 5.74) is 0. The van der Waals surface area contributed by atoms with Crippen molar-refractivity contribution in [2.75, 3.05) is 19.8 Å². The minimum Gasteiger partial charge on any atom is -0.380 e. The number of rotatable bonds is 6. The van der Waals surface area contributed by atoms with E-state index >= 15 is 0 Å². The second kappa shape index (κ2) is 6.80. The highest BCUT2D eigenvalue weighted by atomic mass is 16.5. The summed E-state index contributed by atoms with van der Waals surface area (Å²) in [6.45, 7) is 6.33. The minimum atomic E-state index is -0.117. The molecule has 0 bridgehead atoms. The Kier molecular flexibility index (Phi) is 5.65. The zero-order valence-electron chi connectivity index (χ0n) is 9.71. The molecule has 0 aromatic heterocycles. The Morgan fingerprint density at radius 1 is 1.60 bits per heavy atom. The Morgan fingerprint density at radius 2 is 2.40 bits per heavy atom. The Morgan fingerprint density at radius 3 is 3.00 bits per heavy atom. The first-order valence-corrected chi connectivity index (χ1v) is 5.85. The third kappa shape index (κ3) is 4.62. The number of hydrogen-bond donors (Lipinski definition) is 2. The van der Waals surface area contributed by atoms with Gasteiger partial charge in [0.15, 0.2) is 0 Å². The average molecular weight is 214 g/mol. The second-order valence-corrected chi connectivity index (χ2v) is 4.09. The maximum absolute atomic E-state index is 11.6. The van der Waals surface area contributed by atoms with Crippen molar-refractivity contribution in [3.63, 3.8) is 0 Å². The molecule has 2 N–H and O–H groups in total. The number of carbonyl (C=O) groups is 1. The lowest BCUT2D eigenvalue weighted by Crippen LogP contribution is -2.47. The molecule has 0 aromatic carbocycles. The van der Waals surface area contributed by atoms with Gasteiger partial charge in [0, 0.05) is 19.2 Å². The largest absolute Gasteiger partial charge is 0.380 e. The first-order valence-electron chi connectivity index (χ1n) is 5.85. The van der Waals surface area contributed by atoms with E-state index < -0.39 is 0 Å². The number of ether oxygens (including phenoxy) is 1. The van der Waals surface area contributed by atoms with Crippen molar-refractivity contribution in [2.45, 2.75) is 45.2 Å². The third-order valence-corrected chi connectivity index (χ3v) is 2.64. The van der Waals surface area contributed by atoms with Crippen LogP contribution in [0.3, 0.4) is 0 Å². The monoisotopic (exact) mass is 214 g/mol. The van der Waals surface area contributed by atoms with Gasteiger partial charge in [0.25, 0.3) is 0 Å². The summed E-state index contributed by atoms with van der Waals surface area (Å²) in [5, 5.41) is 6.18. The van der Waals surface area contributed by atoms with Gasteiger partial charge in [-0.05, 0) is 19.8 Å². The van der Waals surface area contributed by atoms with Crippen LogP contribution >= 0.6 is 0 Å². The van der Waals surface area contributed by atoms with E-state index in [0.717, 1.165) is 39.0 Å². The smallest absolute Gasteiger partial charge is 0.236 e. The molecule has 0 spiro atoms. The highest BCUT2D eigenvalue weighted by Gasteiger charge is 2.20. The maximum Gasteiger partial charge on any atom is 0.236 e. The van der Waals surface area contributed by atoms with Crippen LogP contribution in [0.25, 0.3) is 0 Å².